The lowest BCUT2D eigenvalue weighted by Crippen LogP contribution is -2.36. The average Bonchev–Trinajstić information content (AvgIpc) is 3.48. The van der Waals surface area contributed by atoms with E-state index in [0.717, 1.165) is 40.8 Å². The monoisotopic (exact) mass is 636 g/mol. The van der Waals surface area contributed by atoms with Gasteiger partial charge in [-0.05, 0) is 66.1 Å². The van der Waals surface area contributed by atoms with Gasteiger partial charge in [0, 0.05) is 45.5 Å². The van der Waals surface area contributed by atoms with Crippen LogP contribution in [0.15, 0.2) is 82.3 Å². The lowest BCUT2D eigenvalue weighted by Gasteiger charge is -2.27. The minimum absolute atomic E-state index is 0.148. The van der Waals surface area contributed by atoms with Crippen LogP contribution in [0.5, 0.6) is 0 Å². The summed E-state index contributed by atoms with van der Waals surface area (Å²) in [4.78, 5) is 36.0. The Bertz CT molecular complexity index is 1850. The van der Waals surface area contributed by atoms with Crippen molar-refractivity contribution < 1.29 is 9.59 Å². The van der Waals surface area contributed by atoms with Gasteiger partial charge in [-0.2, -0.15) is 0 Å². The normalized spacial score (nSPS) is 20.0. The molecule has 3 heterocycles. The molecule has 0 atom stereocenters. The predicted molar refractivity (Wildman–Crippen MR) is 193 cm³/mol. The molecule has 8 heteroatoms. The molecule has 0 bridgehead atoms. The third-order valence-corrected chi connectivity index (χ3v) is 10.8. The number of hydrogen-bond acceptors (Lipinski definition) is 6. The van der Waals surface area contributed by atoms with Crippen LogP contribution in [-0.2, 0) is 20.4 Å². The summed E-state index contributed by atoms with van der Waals surface area (Å²) in [6.07, 6.45) is 5.00. The molecule has 0 radical (unpaired) electrons. The Labute approximate surface area is 275 Å². The number of rotatable bonds is 7. The first-order valence-electron chi connectivity index (χ1n) is 15.6. The van der Waals surface area contributed by atoms with Crippen LogP contribution in [0.4, 0.5) is 17.1 Å². The number of carbonyl (C=O) groups is 2. The van der Waals surface area contributed by atoms with E-state index < -0.39 is 0 Å². The van der Waals surface area contributed by atoms with Gasteiger partial charge in [0.05, 0.1) is 10.6 Å². The molecule has 0 spiro atoms. The van der Waals surface area contributed by atoms with Gasteiger partial charge in [0.2, 0.25) is 5.91 Å². The fourth-order valence-electron chi connectivity index (χ4n) is 6.61. The van der Waals surface area contributed by atoms with Crippen LogP contribution < -0.4 is 10.2 Å². The van der Waals surface area contributed by atoms with E-state index in [9.17, 15) is 9.59 Å². The largest absolute Gasteiger partial charge is 0.344 e. The molecule has 2 amide bonds. The number of para-hydroxylation sites is 1. The number of carbonyl (C=O) groups excluding carboxylic acids is 2. The Hall–Kier alpha value is -3.75. The second-order valence-corrected chi connectivity index (χ2v) is 15.2. The second kappa shape index (κ2) is 11.6. The number of anilines is 2. The third kappa shape index (κ3) is 5.42. The van der Waals surface area contributed by atoms with Crippen LogP contribution in [0.1, 0.15) is 66.0 Å². The van der Waals surface area contributed by atoms with E-state index in [0.29, 0.717) is 20.8 Å². The number of amides is 2. The molecular formula is C37H40N4O2S2. The molecule has 0 unspecified atom stereocenters. The molecule has 3 aromatic rings. The van der Waals surface area contributed by atoms with E-state index in [2.05, 4.69) is 95.1 Å². The van der Waals surface area contributed by atoms with Gasteiger partial charge in [-0.3, -0.25) is 19.5 Å². The lowest BCUT2D eigenvalue weighted by atomic mass is 9.79. The molecule has 0 aromatic heterocycles. The first kappa shape index (κ1) is 31.2. The van der Waals surface area contributed by atoms with Gasteiger partial charge in [-0.15, -0.1) is 0 Å². The molecule has 6 rings (SSSR count). The Morgan fingerprint density at radius 3 is 2.49 bits per heavy atom. The minimum Gasteiger partial charge on any atom is -0.344 e. The molecular weight excluding hydrogens is 597 g/mol. The summed E-state index contributed by atoms with van der Waals surface area (Å²) < 4.78 is 0.385. The van der Waals surface area contributed by atoms with Crippen LogP contribution in [0, 0.1) is 5.92 Å². The molecule has 1 fully saturated rings. The Morgan fingerprint density at radius 2 is 1.73 bits per heavy atom. The van der Waals surface area contributed by atoms with Crippen molar-refractivity contribution in [2.45, 2.75) is 65.7 Å². The Balaban J connectivity index is 1.21. The highest BCUT2D eigenvalue weighted by Gasteiger charge is 2.40. The van der Waals surface area contributed by atoms with Crippen molar-refractivity contribution in [3.8, 4) is 0 Å². The number of nitrogens with zero attached hydrogens (tertiary/aromatic N) is 3. The van der Waals surface area contributed by atoms with Crippen LogP contribution in [0.25, 0.3) is 10.8 Å². The summed E-state index contributed by atoms with van der Waals surface area (Å²) in [5.41, 5.74) is 7.16. The van der Waals surface area contributed by atoms with E-state index in [1.807, 2.05) is 30.3 Å². The number of allylic oxidation sites excluding steroid dienone is 3. The molecule has 3 aliphatic heterocycles. The fraction of sp³-hybridized carbons (Fsp3) is 0.351. The number of thiocarbonyl (C=S) groups is 1. The van der Waals surface area contributed by atoms with Gasteiger partial charge in [-0.25, -0.2) is 0 Å². The van der Waals surface area contributed by atoms with E-state index in [-0.39, 0.29) is 29.2 Å². The smallest absolute Gasteiger partial charge is 0.266 e. The first-order valence-corrected chi connectivity index (χ1v) is 16.8. The van der Waals surface area contributed by atoms with E-state index in [1.165, 1.54) is 33.5 Å². The number of thioether (sulfide) groups is 1. The molecule has 1 saturated heterocycles. The van der Waals surface area contributed by atoms with Crippen molar-refractivity contribution in [2.24, 2.45) is 10.9 Å². The molecule has 45 heavy (non-hydrogen) atoms. The van der Waals surface area contributed by atoms with Crippen molar-refractivity contribution in [3.05, 3.63) is 88.5 Å². The summed E-state index contributed by atoms with van der Waals surface area (Å²) in [6, 6.07) is 18.5. The van der Waals surface area contributed by atoms with Gasteiger partial charge in [0.25, 0.3) is 5.91 Å². The summed E-state index contributed by atoms with van der Waals surface area (Å²) in [5, 5.41) is 5.06. The lowest BCUT2D eigenvalue weighted by molar-refractivity contribution is -0.126. The van der Waals surface area contributed by atoms with Crippen LogP contribution in [0.2, 0.25) is 0 Å². The number of benzene rings is 3. The maximum Gasteiger partial charge on any atom is 0.266 e. The summed E-state index contributed by atoms with van der Waals surface area (Å²) in [5.74, 6) is 0.0336. The van der Waals surface area contributed by atoms with Crippen molar-refractivity contribution >= 4 is 73.7 Å². The summed E-state index contributed by atoms with van der Waals surface area (Å²) >= 11 is 6.84. The number of fused-ring (bicyclic) bond motifs is 4. The van der Waals surface area contributed by atoms with Crippen LogP contribution in [0.3, 0.4) is 0 Å². The van der Waals surface area contributed by atoms with Crippen molar-refractivity contribution in [3.63, 3.8) is 0 Å². The molecule has 3 aromatic carbocycles. The standard InChI is InChI=1S/C37H40N4O2S2/c1-22(2)19-20-40-29-14-9-8-12-26(29)37(6,7)31(40)18-17-30-34(43)41(35(44)45-30)21-32(42)39-27-13-10-11-25-24(27)15-16-28-33(25)36(4,5)23(3)38-28/h8-18,22H,19-21H2,1-7H3,(H,39,42)/b30-17+,31-18-. The zero-order valence-electron chi connectivity index (χ0n) is 27.0. The number of aliphatic imine (C=N–C) groups is 1. The molecule has 6 nitrogen and oxygen atoms in total. The van der Waals surface area contributed by atoms with E-state index >= 15 is 0 Å². The van der Waals surface area contributed by atoms with Crippen molar-refractivity contribution in [2.75, 3.05) is 23.3 Å². The number of nitrogens with one attached hydrogen (secondary N) is 1. The van der Waals surface area contributed by atoms with Gasteiger partial charge in [-0.1, -0.05) is 102 Å². The Morgan fingerprint density at radius 1 is 0.978 bits per heavy atom. The highest BCUT2D eigenvalue weighted by molar-refractivity contribution is 8.26. The summed E-state index contributed by atoms with van der Waals surface area (Å²) in [6.45, 7) is 16.1. The Kier molecular flexibility index (Phi) is 8.02. The van der Waals surface area contributed by atoms with Gasteiger partial charge in [0.15, 0.2) is 0 Å². The second-order valence-electron chi connectivity index (χ2n) is 13.5. The maximum absolute atomic E-state index is 13.5. The average molecular weight is 637 g/mol. The van der Waals surface area contributed by atoms with Gasteiger partial charge in [0.1, 0.15) is 10.9 Å². The molecule has 1 N–H and O–H groups in total. The first-order chi connectivity index (χ1) is 21.3. The SMILES string of the molecule is CC1=Nc2ccc3c(NC(=O)CN4C(=O)/C(=C\C=C5/N(CCC(C)C)c6ccccc6C5(C)C)SC4=S)cccc3c2C1(C)C. The van der Waals surface area contributed by atoms with Crippen LogP contribution in [-0.4, -0.2) is 39.8 Å². The number of hydrogen-bond donors (Lipinski definition) is 1. The van der Waals surface area contributed by atoms with Crippen molar-refractivity contribution in [1.82, 2.24) is 4.90 Å². The highest BCUT2D eigenvalue weighted by Crippen LogP contribution is 2.48. The minimum atomic E-state index is -0.294. The fourth-order valence-corrected chi connectivity index (χ4v) is 7.81. The highest BCUT2D eigenvalue weighted by atomic mass is 32.2. The third-order valence-electron chi connectivity index (χ3n) is 9.43. The van der Waals surface area contributed by atoms with E-state index in [1.54, 1.807) is 0 Å². The van der Waals surface area contributed by atoms with E-state index in [4.69, 9.17) is 17.2 Å². The molecule has 0 saturated carbocycles. The van der Waals surface area contributed by atoms with Gasteiger partial charge < -0.3 is 10.2 Å². The quantitative estimate of drug-likeness (QED) is 0.208. The molecule has 3 aliphatic rings. The van der Waals surface area contributed by atoms with Crippen molar-refractivity contribution in [1.29, 1.82) is 0 Å². The maximum atomic E-state index is 13.5. The van der Waals surface area contributed by atoms with Gasteiger partial charge >= 0.3 is 0 Å². The topological polar surface area (TPSA) is 65.0 Å². The predicted octanol–water partition coefficient (Wildman–Crippen LogP) is 8.63. The zero-order chi connectivity index (χ0) is 32.3. The zero-order valence-corrected chi connectivity index (χ0v) is 28.7. The molecule has 0 aliphatic carbocycles. The van der Waals surface area contributed by atoms with Crippen LogP contribution >= 0.6 is 24.0 Å². The molecule has 232 valence electrons. The summed E-state index contributed by atoms with van der Waals surface area (Å²) in [7, 11) is 0.